The third-order valence-electron chi connectivity index (χ3n) is 13.8. The first kappa shape index (κ1) is 37.1. The third-order valence-corrected chi connectivity index (χ3v) is 13.8. The van der Waals surface area contributed by atoms with Crippen molar-refractivity contribution in [2.45, 2.75) is 5.41 Å². The van der Waals surface area contributed by atoms with Gasteiger partial charge in [-0.05, 0) is 114 Å². The van der Waals surface area contributed by atoms with Crippen LogP contribution < -0.4 is 4.90 Å². The van der Waals surface area contributed by atoms with Crippen LogP contribution in [0.1, 0.15) is 27.8 Å². The number of hydrogen-bond donors (Lipinski definition) is 1. The zero-order chi connectivity index (χ0) is 43.1. The normalized spacial score (nSPS) is 13.1. The summed E-state index contributed by atoms with van der Waals surface area (Å²) < 4.78 is 2.02. The van der Waals surface area contributed by atoms with E-state index in [9.17, 15) is 5.41 Å². The van der Waals surface area contributed by atoms with Gasteiger partial charge in [0.1, 0.15) is 5.84 Å². The van der Waals surface area contributed by atoms with E-state index in [1.807, 2.05) is 16.7 Å². The molecule has 10 aromatic carbocycles. The van der Waals surface area contributed by atoms with Crippen LogP contribution in [0.3, 0.4) is 0 Å². The van der Waals surface area contributed by atoms with Crippen LogP contribution in [-0.4, -0.2) is 10.4 Å². The van der Waals surface area contributed by atoms with Crippen LogP contribution in [0.15, 0.2) is 243 Å². The van der Waals surface area contributed by atoms with Crippen molar-refractivity contribution < 1.29 is 0 Å². The first-order chi connectivity index (χ1) is 32.2. The number of benzene rings is 10. The van der Waals surface area contributed by atoms with Gasteiger partial charge in [0.25, 0.3) is 0 Å². The highest BCUT2D eigenvalue weighted by Gasteiger charge is 2.53. The molecule has 3 heteroatoms. The van der Waals surface area contributed by atoms with Crippen LogP contribution in [0.4, 0.5) is 17.1 Å². The summed E-state index contributed by atoms with van der Waals surface area (Å²) >= 11 is 0. The Morgan fingerprint density at radius 3 is 1.55 bits per heavy atom. The lowest BCUT2D eigenvalue weighted by molar-refractivity contribution is 0.759. The number of fused-ring (bicyclic) bond motifs is 14. The Kier molecular flexibility index (Phi) is 8.28. The van der Waals surface area contributed by atoms with E-state index in [-0.39, 0.29) is 0 Å². The molecule has 0 atom stereocenters. The van der Waals surface area contributed by atoms with Crippen LogP contribution in [-0.2, 0) is 5.41 Å². The predicted molar refractivity (Wildman–Crippen MR) is 270 cm³/mol. The van der Waals surface area contributed by atoms with Crippen LogP contribution in [0, 0.1) is 5.41 Å². The Balaban J connectivity index is 1.02. The molecule has 0 unspecified atom stereocenters. The van der Waals surface area contributed by atoms with E-state index in [0.29, 0.717) is 5.84 Å². The zero-order valence-corrected chi connectivity index (χ0v) is 35.5. The minimum atomic E-state index is -0.635. The number of hydrogen-bond acceptors (Lipinski definition) is 2. The lowest BCUT2D eigenvalue weighted by Gasteiger charge is -2.45. The predicted octanol–water partition coefficient (Wildman–Crippen LogP) is 15.8. The zero-order valence-electron chi connectivity index (χ0n) is 35.5. The number of aromatic nitrogens is 1. The molecule has 304 valence electrons. The summed E-state index contributed by atoms with van der Waals surface area (Å²) in [5.74, 6) is 0.429. The minimum Gasteiger partial charge on any atom is -0.310 e. The molecule has 0 amide bonds. The van der Waals surface area contributed by atoms with E-state index in [0.717, 1.165) is 44.8 Å². The largest absolute Gasteiger partial charge is 0.310 e. The monoisotopic (exact) mass is 827 g/mol. The average Bonchev–Trinajstić information content (AvgIpc) is 3.97. The Bertz CT molecular complexity index is 3610. The molecule has 0 saturated heterocycles. The number of anilines is 3. The van der Waals surface area contributed by atoms with Gasteiger partial charge in [0.2, 0.25) is 0 Å². The van der Waals surface area contributed by atoms with Crippen LogP contribution in [0.2, 0.25) is 0 Å². The molecular weight excluding hydrogens is 787 g/mol. The smallest absolute Gasteiger partial charge is 0.136 e. The fourth-order valence-electron chi connectivity index (χ4n) is 11.1. The fourth-order valence-corrected chi connectivity index (χ4v) is 11.1. The van der Waals surface area contributed by atoms with Gasteiger partial charge >= 0.3 is 0 Å². The van der Waals surface area contributed by atoms with Crippen LogP contribution in [0.25, 0.3) is 66.2 Å². The van der Waals surface area contributed by atoms with Gasteiger partial charge in [-0.3, -0.25) is 5.41 Å². The molecule has 2 heterocycles. The number of nitrogens with zero attached hydrogens (tertiary/aromatic N) is 2. The second-order valence-electron chi connectivity index (χ2n) is 17.2. The Morgan fingerprint density at radius 2 is 0.892 bits per heavy atom. The second kappa shape index (κ2) is 14.5. The molecule has 0 fully saturated rings. The third kappa shape index (κ3) is 5.46. The van der Waals surface area contributed by atoms with E-state index in [2.05, 4.69) is 236 Å². The average molecular weight is 828 g/mol. The molecule has 1 spiro atoms. The molecule has 1 aliphatic heterocycles. The van der Waals surface area contributed by atoms with Crippen molar-refractivity contribution in [3.8, 4) is 44.6 Å². The molecule has 11 aromatic rings. The summed E-state index contributed by atoms with van der Waals surface area (Å²) in [7, 11) is 0. The van der Waals surface area contributed by atoms with Gasteiger partial charge in [0.05, 0.1) is 22.5 Å². The molecule has 13 rings (SSSR count). The fraction of sp³-hybridized carbons (Fsp3) is 0.0161. The number of nitrogens with one attached hydrogen (secondary N) is 1. The lowest BCUT2D eigenvalue weighted by atomic mass is 9.63. The summed E-state index contributed by atoms with van der Waals surface area (Å²) in [6.45, 7) is 0. The maximum Gasteiger partial charge on any atom is 0.136 e. The van der Waals surface area contributed by atoms with Crippen molar-refractivity contribution in [2.24, 2.45) is 0 Å². The Labute approximate surface area is 378 Å². The second-order valence-corrected chi connectivity index (χ2v) is 17.2. The van der Waals surface area contributed by atoms with Crippen molar-refractivity contribution in [3.63, 3.8) is 0 Å². The molecule has 1 aliphatic carbocycles. The van der Waals surface area contributed by atoms with Crippen molar-refractivity contribution in [3.05, 3.63) is 271 Å². The quantitative estimate of drug-likeness (QED) is 0.105. The van der Waals surface area contributed by atoms with E-state index in [1.54, 1.807) is 0 Å². The highest BCUT2D eigenvalue weighted by Crippen LogP contribution is 2.66. The molecule has 0 saturated carbocycles. The van der Waals surface area contributed by atoms with Gasteiger partial charge in [0.15, 0.2) is 0 Å². The van der Waals surface area contributed by atoms with Gasteiger partial charge < -0.3 is 9.47 Å². The number of rotatable bonds is 5. The molecule has 2 aliphatic rings. The molecule has 65 heavy (non-hydrogen) atoms. The molecular formula is C62H41N3. The molecule has 3 nitrogen and oxygen atoms in total. The Morgan fingerprint density at radius 1 is 0.385 bits per heavy atom. The van der Waals surface area contributed by atoms with E-state index < -0.39 is 5.41 Å². The maximum atomic E-state index is 9.62. The Hall–Kier alpha value is -8.53. The van der Waals surface area contributed by atoms with E-state index >= 15 is 0 Å². The van der Waals surface area contributed by atoms with Crippen LogP contribution >= 0.6 is 0 Å². The van der Waals surface area contributed by atoms with Crippen molar-refractivity contribution >= 4 is 44.4 Å². The van der Waals surface area contributed by atoms with Crippen molar-refractivity contribution in [1.29, 1.82) is 5.41 Å². The van der Waals surface area contributed by atoms with Gasteiger partial charge in [-0.25, -0.2) is 0 Å². The first-order valence-corrected chi connectivity index (χ1v) is 22.3. The summed E-state index contributed by atoms with van der Waals surface area (Å²) in [5, 5.41) is 14.7. The highest BCUT2D eigenvalue weighted by atomic mass is 15.2. The molecule has 0 bridgehead atoms. The topological polar surface area (TPSA) is 32.0 Å². The number of para-hydroxylation sites is 3. The SMILES string of the molecule is N=C(c1ccc(-c2ccc3c(c2)C2(c4ccccc4N(c4ccccc4)c4ccccc42)c2c-3c3ccccc3c3ccccc23)cc1)n1cc(-c2ccccc2)cc1-c1ccccc1. The first-order valence-electron chi connectivity index (χ1n) is 22.3. The van der Waals surface area contributed by atoms with Gasteiger partial charge in [-0.2, -0.15) is 0 Å². The summed E-state index contributed by atoms with van der Waals surface area (Å²) in [4.78, 5) is 2.45. The molecule has 1 aromatic heterocycles. The van der Waals surface area contributed by atoms with Crippen molar-refractivity contribution in [1.82, 2.24) is 4.57 Å². The minimum absolute atomic E-state index is 0.429. The van der Waals surface area contributed by atoms with E-state index in [4.69, 9.17) is 0 Å². The van der Waals surface area contributed by atoms with Crippen molar-refractivity contribution in [2.75, 3.05) is 4.90 Å². The summed E-state index contributed by atoms with van der Waals surface area (Å²) in [6.07, 6.45) is 2.09. The van der Waals surface area contributed by atoms with Gasteiger partial charge in [0, 0.05) is 23.0 Å². The van der Waals surface area contributed by atoms with Gasteiger partial charge in [-0.15, -0.1) is 0 Å². The van der Waals surface area contributed by atoms with Crippen LogP contribution in [0.5, 0.6) is 0 Å². The molecule has 0 radical (unpaired) electrons. The maximum absolute atomic E-state index is 9.62. The summed E-state index contributed by atoms with van der Waals surface area (Å²) in [6, 6.07) is 85.6. The van der Waals surface area contributed by atoms with Gasteiger partial charge in [-0.1, -0.05) is 200 Å². The standard InChI is InChI=1S/C62H41N3/c63-61(64-40-46(41-18-4-1-5-19-41)39-58(64)43-20-6-2-7-21-43)44-34-32-42(33-35-44)45-36-37-52-55(38-45)62(60-51-27-13-11-25-49(51)48-24-10-12-26-50(48)59(52)60)53-28-14-16-30-56(53)65(47-22-8-3-9-23-47)57-31-17-15-29-54(57)62/h1-40,63H. The van der Waals surface area contributed by atoms with E-state index in [1.165, 1.54) is 66.3 Å². The lowest BCUT2D eigenvalue weighted by Crippen LogP contribution is -2.36. The molecule has 1 N–H and O–H groups in total. The highest BCUT2D eigenvalue weighted by molar-refractivity contribution is 6.20. The summed E-state index contributed by atoms with van der Waals surface area (Å²) in [5.41, 5.74) is 17.9.